The lowest BCUT2D eigenvalue weighted by Crippen LogP contribution is -2.47. The Bertz CT molecular complexity index is 1230. The van der Waals surface area contributed by atoms with Crippen molar-refractivity contribution in [2.24, 2.45) is 0 Å². The van der Waals surface area contributed by atoms with Crippen molar-refractivity contribution in [3.05, 3.63) is 101 Å². The van der Waals surface area contributed by atoms with Crippen LogP contribution in [0.2, 0.25) is 0 Å². The average molecular weight is 518 g/mol. The van der Waals surface area contributed by atoms with Crippen molar-refractivity contribution < 1.29 is 18.7 Å². The smallest absolute Gasteiger partial charge is 0.255 e. The molecule has 6 nitrogen and oxygen atoms in total. The zero-order valence-corrected chi connectivity index (χ0v) is 22.3. The van der Waals surface area contributed by atoms with Gasteiger partial charge >= 0.3 is 0 Å². The molecule has 1 aliphatic rings. The molecule has 0 saturated carbocycles. The highest BCUT2D eigenvalue weighted by Crippen LogP contribution is 2.44. The summed E-state index contributed by atoms with van der Waals surface area (Å²) in [7, 11) is 1.60. The van der Waals surface area contributed by atoms with E-state index in [4.69, 9.17) is 4.74 Å². The van der Waals surface area contributed by atoms with Gasteiger partial charge in [-0.05, 0) is 73.1 Å². The lowest BCUT2D eigenvalue weighted by Gasteiger charge is -2.42. The van der Waals surface area contributed by atoms with Crippen molar-refractivity contribution in [2.75, 3.05) is 33.3 Å². The maximum absolute atomic E-state index is 13.9. The predicted octanol–water partition coefficient (Wildman–Crippen LogP) is 5.16. The van der Waals surface area contributed by atoms with Gasteiger partial charge < -0.3 is 19.9 Å². The lowest BCUT2D eigenvalue weighted by molar-refractivity contribution is -0.124. The summed E-state index contributed by atoms with van der Waals surface area (Å²) in [5.74, 6) is -0.520. The number of carbonyl (C=O) groups is 2. The molecule has 3 aromatic carbocycles. The first-order valence-corrected chi connectivity index (χ1v) is 13.2. The molecule has 0 spiro atoms. The first-order chi connectivity index (χ1) is 18.5. The molecule has 1 aliphatic heterocycles. The average Bonchev–Trinajstić information content (AvgIpc) is 2.95. The molecular formula is C31H36FN3O3. The van der Waals surface area contributed by atoms with E-state index in [0.717, 1.165) is 42.7 Å². The summed E-state index contributed by atoms with van der Waals surface area (Å²) >= 11 is 0. The quantitative estimate of drug-likeness (QED) is 0.357. The summed E-state index contributed by atoms with van der Waals surface area (Å²) < 4.78 is 19.0. The molecule has 38 heavy (non-hydrogen) atoms. The number of nitrogens with zero attached hydrogens (tertiary/aromatic N) is 2. The molecule has 0 unspecified atom stereocenters. The minimum Gasteiger partial charge on any atom is -0.497 e. The molecule has 0 saturated heterocycles. The molecule has 200 valence electrons. The van der Waals surface area contributed by atoms with Gasteiger partial charge in [-0.25, -0.2) is 4.39 Å². The van der Waals surface area contributed by atoms with E-state index >= 15 is 0 Å². The fourth-order valence-electron chi connectivity index (χ4n) is 5.17. The topological polar surface area (TPSA) is 61.9 Å². The van der Waals surface area contributed by atoms with Crippen molar-refractivity contribution in [1.82, 2.24) is 15.1 Å². The van der Waals surface area contributed by atoms with E-state index in [-0.39, 0.29) is 24.2 Å². The maximum Gasteiger partial charge on any atom is 0.255 e. The van der Waals surface area contributed by atoms with Crippen molar-refractivity contribution in [3.8, 4) is 5.75 Å². The molecule has 0 fully saturated rings. The number of carbonyl (C=O) groups excluding carboxylic acids is 2. The summed E-state index contributed by atoms with van der Waals surface area (Å²) in [6.45, 7) is 7.91. The van der Waals surface area contributed by atoms with Crippen LogP contribution in [0.25, 0.3) is 0 Å². The first-order valence-electron chi connectivity index (χ1n) is 13.2. The van der Waals surface area contributed by atoms with Gasteiger partial charge in [-0.2, -0.15) is 0 Å². The fourth-order valence-corrected chi connectivity index (χ4v) is 5.17. The number of benzene rings is 3. The molecule has 3 aromatic rings. The second-order valence-electron chi connectivity index (χ2n) is 9.51. The van der Waals surface area contributed by atoms with E-state index in [1.165, 1.54) is 12.1 Å². The molecule has 1 N–H and O–H groups in total. The molecule has 0 radical (unpaired) electrons. The Balaban J connectivity index is 1.71. The van der Waals surface area contributed by atoms with Crippen LogP contribution in [0, 0.1) is 5.82 Å². The summed E-state index contributed by atoms with van der Waals surface area (Å²) in [5, 5.41) is 3.15. The summed E-state index contributed by atoms with van der Waals surface area (Å²) in [6, 6.07) is 20.4. The summed E-state index contributed by atoms with van der Waals surface area (Å²) in [5.41, 5.74) is 2.85. The van der Waals surface area contributed by atoms with Gasteiger partial charge in [-0.15, -0.1) is 0 Å². The number of ether oxygens (including phenoxy) is 1. The number of amides is 2. The fraction of sp³-hybridized carbons (Fsp3) is 0.355. The Morgan fingerprint density at radius 1 is 1.00 bits per heavy atom. The van der Waals surface area contributed by atoms with Gasteiger partial charge in [-0.3, -0.25) is 9.59 Å². The van der Waals surface area contributed by atoms with Gasteiger partial charge in [0.15, 0.2) is 0 Å². The molecule has 0 aromatic heterocycles. The van der Waals surface area contributed by atoms with Gasteiger partial charge in [0.1, 0.15) is 11.6 Å². The monoisotopic (exact) mass is 517 g/mol. The molecule has 1 heterocycles. The zero-order valence-electron chi connectivity index (χ0n) is 22.3. The van der Waals surface area contributed by atoms with Crippen molar-refractivity contribution in [3.63, 3.8) is 0 Å². The minimum absolute atomic E-state index is 0.116. The van der Waals surface area contributed by atoms with E-state index in [9.17, 15) is 14.0 Å². The highest BCUT2D eigenvalue weighted by molar-refractivity contribution is 6.01. The first kappa shape index (κ1) is 27.3. The number of hydrogen-bond acceptors (Lipinski definition) is 4. The van der Waals surface area contributed by atoms with E-state index in [1.54, 1.807) is 30.2 Å². The van der Waals surface area contributed by atoms with Gasteiger partial charge in [0, 0.05) is 18.7 Å². The third-order valence-electron chi connectivity index (χ3n) is 7.29. The number of hydrogen-bond donors (Lipinski definition) is 1. The van der Waals surface area contributed by atoms with Crippen LogP contribution in [0.5, 0.6) is 5.75 Å². The molecule has 2 amide bonds. The SMILES string of the molecule is CCN(CC)CCCNC(=O)[C@H]1c2ccccc2C(=O)N(Cc2ccc(F)cc2)[C@H]1c1ccc(OC)cc1. The van der Waals surface area contributed by atoms with E-state index in [1.807, 2.05) is 42.5 Å². The summed E-state index contributed by atoms with van der Waals surface area (Å²) in [4.78, 5) is 31.8. The van der Waals surface area contributed by atoms with Crippen LogP contribution in [-0.4, -0.2) is 54.9 Å². The van der Waals surface area contributed by atoms with Crippen LogP contribution in [0.15, 0.2) is 72.8 Å². The number of nitrogens with one attached hydrogen (secondary N) is 1. The Morgan fingerprint density at radius 2 is 1.68 bits per heavy atom. The summed E-state index contributed by atoms with van der Waals surface area (Å²) in [6.07, 6.45) is 0.840. The van der Waals surface area contributed by atoms with E-state index < -0.39 is 12.0 Å². The normalized spacial score (nSPS) is 16.9. The van der Waals surface area contributed by atoms with E-state index in [0.29, 0.717) is 17.9 Å². The molecule has 0 bridgehead atoms. The van der Waals surface area contributed by atoms with Gasteiger partial charge in [0.05, 0.1) is 19.1 Å². The Hall–Kier alpha value is -3.71. The van der Waals surface area contributed by atoms with E-state index in [2.05, 4.69) is 24.1 Å². The number of rotatable bonds is 11. The number of halogens is 1. The van der Waals surface area contributed by atoms with Crippen LogP contribution in [0.4, 0.5) is 4.39 Å². The second-order valence-corrected chi connectivity index (χ2v) is 9.51. The van der Waals surface area contributed by atoms with Crippen LogP contribution in [0.3, 0.4) is 0 Å². The molecule has 0 aliphatic carbocycles. The minimum atomic E-state index is -0.605. The van der Waals surface area contributed by atoms with Crippen molar-refractivity contribution in [2.45, 2.75) is 38.8 Å². The standard InChI is InChI=1S/C31H36FN3O3/c1-4-34(5-2)20-8-19-33-30(36)28-26-9-6-7-10-27(26)31(37)35(21-22-11-15-24(32)16-12-22)29(28)23-13-17-25(38-3)18-14-23/h6-7,9-18,28-29H,4-5,8,19-21H2,1-3H3,(H,33,36)/t28-,29-/m0/s1. The predicted molar refractivity (Wildman–Crippen MR) is 147 cm³/mol. The van der Waals surface area contributed by atoms with Gasteiger partial charge in [0.2, 0.25) is 5.91 Å². The largest absolute Gasteiger partial charge is 0.497 e. The second kappa shape index (κ2) is 12.7. The van der Waals surface area contributed by atoms with Crippen molar-refractivity contribution in [1.29, 1.82) is 0 Å². The third-order valence-corrected chi connectivity index (χ3v) is 7.29. The van der Waals surface area contributed by atoms with Crippen LogP contribution in [0.1, 0.15) is 59.3 Å². The highest BCUT2D eigenvalue weighted by atomic mass is 19.1. The van der Waals surface area contributed by atoms with Crippen molar-refractivity contribution >= 4 is 11.8 Å². The highest BCUT2D eigenvalue weighted by Gasteiger charge is 2.44. The zero-order chi connectivity index (χ0) is 27.1. The van der Waals surface area contributed by atoms with Crippen LogP contribution < -0.4 is 10.1 Å². The number of fused-ring (bicyclic) bond motifs is 1. The molecule has 4 rings (SSSR count). The lowest BCUT2D eigenvalue weighted by atomic mass is 9.79. The van der Waals surface area contributed by atoms with Gasteiger partial charge in [0.25, 0.3) is 5.91 Å². The Morgan fingerprint density at radius 3 is 2.34 bits per heavy atom. The molecule has 7 heteroatoms. The van der Waals surface area contributed by atoms with Crippen LogP contribution in [-0.2, 0) is 11.3 Å². The Labute approximate surface area is 224 Å². The van der Waals surface area contributed by atoms with Crippen LogP contribution >= 0.6 is 0 Å². The van der Waals surface area contributed by atoms with Gasteiger partial charge in [-0.1, -0.05) is 56.3 Å². The Kier molecular flexibility index (Phi) is 9.13. The third kappa shape index (κ3) is 6.05. The molecular weight excluding hydrogens is 481 g/mol. The maximum atomic E-state index is 13.9. The molecule has 2 atom stereocenters. The number of methoxy groups -OCH3 is 1.